The quantitative estimate of drug-likeness (QED) is 0.279. The van der Waals surface area contributed by atoms with Crippen molar-refractivity contribution in [3.63, 3.8) is 0 Å². The van der Waals surface area contributed by atoms with Crippen molar-refractivity contribution in [3.8, 4) is 11.5 Å². The first-order valence-corrected chi connectivity index (χ1v) is 15.9. The number of benzene rings is 4. The molecule has 0 aromatic heterocycles. The Labute approximate surface area is 259 Å². The summed E-state index contributed by atoms with van der Waals surface area (Å²) in [6.07, 6.45) is -4.46. The summed E-state index contributed by atoms with van der Waals surface area (Å²) in [6.45, 7) is 0.507. The maximum Gasteiger partial charge on any atom is 0.573 e. The standard InChI is InChI=1S/C33H32F3N3O5S/c1-43-25-14-12-24(13-15-25)38-20-28(37-45(41,42)27-18-16-26(17-19-27)44-33(34,35)36)32(40)31(21-38)39-29-8-4-2-6-22(29)10-11-23-7-3-5-9-30(23)39/h2-9,12-19,28,31-32,37,40H,10-11,20-21H2,1H3/t28-,31?,32+/m1/s1. The number of nitrogens with one attached hydrogen (secondary N) is 1. The summed E-state index contributed by atoms with van der Waals surface area (Å²) in [5, 5.41) is 12.0. The Kier molecular flexibility index (Phi) is 8.38. The van der Waals surface area contributed by atoms with Gasteiger partial charge in [0.1, 0.15) is 11.5 Å². The zero-order chi connectivity index (χ0) is 31.8. The third-order valence-electron chi connectivity index (χ3n) is 8.24. The summed E-state index contributed by atoms with van der Waals surface area (Å²) in [6, 6.07) is 25.8. The van der Waals surface area contributed by atoms with Crippen molar-refractivity contribution < 1.29 is 36.2 Å². The van der Waals surface area contributed by atoms with Gasteiger partial charge in [-0.2, -0.15) is 0 Å². The van der Waals surface area contributed by atoms with Gasteiger partial charge in [0.05, 0.1) is 30.2 Å². The summed E-state index contributed by atoms with van der Waals surface area (Å²) in [5.41, 5.74) is 4.90. The Hall–Kier alpha value is -4.26. The first kappa shape index (κ1) is 30.8. The van der Waals surface area contributed by atoms with Gasteiger partial charge in [-0.15, -0.1) is 13.2 Å². The van der Waals surface area contributed by atoms with Crippen LogP contribution in [0, 0.1) is 0 Å². The molecular formula is C33H32F3N3O5S. The molecule has 45 heavy (non-hydrogen) atoms. The van der Waals surface area contributed by atoms with Crippen LogP contribution in [-0.4, -0.2) is 58.3 Å². The number of rotatable bonds is 7. The van der Waals surface area contributed by atoms with Crippen LogP contribution in [0.4, 0.5) is 30.2 Å². The number of nitrogens with zero attached hydrogens (tertiary/aromatic N) is 2. The fourth-order valence-electron chi connectivity index (χ4n) is 6.13. The summed E-state index contributed by atoms with van der Waals surface area (Å²) < 4.78 is 77.0. The summed E-state index contributed by atoms with van der Waals surface area (Å²) >= 11 is 0. The fourth-order valence-corrected chi connectivity index (χ4v) is 7.37. The van der Waals surface area contributed by atoms with E-state index in [1.807, 2.05) is 65.6 Å². The van der Waals surface area contributed by atoms with Crippen LogP contribution >= 0.6 is 0 Å². The first-order chi connectivity index (χ1) is 21.5. The Morgan fingerprint density at radius 1 is 0.800 bits per heavy atom. The summed E-state index contributed by atoms with van der Waals surface area (Å²) in [4.78, 5) is 3.87. The molecule has 0 aliphatic carbocycles. The van der Waals surface area contributed by atoms with Crippen molar-refractivity contribution in [3.05, 3.63) is 108 Å². The van der Waals surface area contributed by atoms with E-state index >= 15 is 0 Å². The molecule has 4 aromatic carbocycles. The number of sulfonamides is 1. The number of aryl methyl sites for hydroxylation is 2. The molecule has 12 heteroatoms. The number of alkyl halides is 3. The van der Waals surface area contributed by atoms with Crippen LogP contribution in [0.5, 0.6) is 11.5 Å². The number of aliphatic hydroxyl groups excluding tert-OH is 1. The monoisotopic (exact) mass is 639 g/mol. The van der Waals surface area contributed by atoms with Crippen LogP contribution in [0.2, 0.25) is 0 Å². The maximum atomic E-state index is 13.6. The number of aliphatic hydroxyl groups is 1. The van der Waals surface area contributed by atoms with Crippen LogP contribution in [-0.2, 0) is 22.9 Å². The molecule has 2 aliphatic heterocycles. The molecule has 1 saturated heterocycles. The van der Waals surface area contributed by atoms with E-state index in [-0.39, 0.29) is 11.4 Å². The first-order valence-electron chi connectivity index (χ1n) is 14.4. The van der Waals surface area contributed by atoms with Gasteiger partial charge in [-0.25, -0.2) is 13.1 Å². The largest absolute Gasteiger partial charge is 0.573 e. The van der Waals surface area contributed by atoms with E-state index in [9.17, 15) is 26.7 Å². The van der Waals surface area contributed by atoms with Crippen molar-refractivity contribution in [2.45, 2.75) is 42.3 Å². The second-order valence-electron chi connectivity index (χ2n) is 11.0. The van der Waals surface area contributed by atoms with Gasteiger partial charge >= 0.3 is 6.36 Å². The molecule has 2 N–H and O–H groups in total. The van der Waals surface area contributed by atoms with Gasteiger partial charge in [-0.1, -0.05) is 36.4 Å². The van der Waals surface area contributed by atoms with Crippen molar-refractivity contribution in [2.75, 3.05) is 30.0 Å². The molecule has 4 aromatic rings. The normalized spacial score (nSPS) is 20.2. The molecule has 0 radical (unpaired) electrons. The molecule has 0 saturated carbocycles. The van der Waals surface area contributed by atoms with Crippen molar-refractivity contribution in [2.24, 2.45) is 0 Å². The number of anilines is 3. The second kappa shape index (κ2) is 12.3. The fraction of sp³-hybridized carbons (Fsp3) is 0.273. The smallest absolute Gasteiger partial charge is 0.497 e. The summed E-state index contributed by atoms with van der Waals surface area (Å²) in [7, 11) is -2.69. The minimum absolute atomic E-state index is 0.135. The van der Waals surface area contributed by atoms with E-state index in [0.717, 1.165) is 65.3 Å². The average molecular weight is 640 g/mol. The predicted molar refractivity (Wildman–Crippen MR) is 165 cm³/mol. The van der Waals surface area contributed by atoms with Crippen LogP contribution in [0.1, 0.15) is 11.1 Å². The molecule has 0 bridgehead atoms. The second-order valence-corrected chi connectivity index (χ2v) is 12.7. The number of methoxy groups -OCH3 is 1. The number of hydrogen-bond donors (Lipinski definition) is 2. The van der Waals surface area contributed by atoms with Crippen LogP contribution in [0.25, 0.3) is 0 Å². The van der Waals surface area contributed by atoms with Crippen LogP contribution < -0.4 is 24.0 Å². The van der Waals surface area contributed by atoms with Gasteiger partial charge in [0.25, 0.3) is 0 Å². The average Bonchev–Trinajstić information content (AvgIpc) is 3.18. The highest BCUT2D eigenvalue weighted by atomic mass is 32.2. The van der Waals surface area contributed by atoms with E-state index in [1.165, 1.54) is 0 Å². The molecule has 0 spiro atoms. The van der Waals surface area contributed by atoms with E-state index in [2.05, 4.69) is 26.5 Å². The highest BCUT2D eigenvalue weighted by Gasteiger charge is 2.43. The van der Waals surface area contributed by atoms with Crippen LogP contribution in [0.3, 0.4) is 0 Å². The lowest BCUT2D eigenvalue weighted by molar-refractivity contribution is -0.274. The topological polar surface area (TPSA) is 91.3 Å². The van der Waals surface area contributed by atoms with Gasteiger partial charge in [-0.3, -0.25) is 0 Å². The molecule has 2 aliphatic rings. The van der Waals surface area contributed by atoms with Crippen molar-refractivity contribution in [1.29, 1.82) is 0 Å². The Morgan fingerprint density at radius 2 is 1.36 bits per heavy atom. The number of hydrogen-bond acceptors (Lipinski definition) is 7. The van der Waals surface area contributed by atoms with E-state index in [1.54, 1.807) is 7.11 Å². The van der Waals surface area contributed by atoms with Crippen molar-refractivity contribution in [1.82, 2.24) is 4.72 Å². The van der Waals surface area contributed by atoms with E-state index in [0.29, 0.717) is 12.3 Å². The molecule has 236 valence electrons. The van der Waals surface area contributed by atoms with E-state index in [4.69, 9.17) is 4.74 Å². The molecule has 3 atom stereocenters. The van der Waals surface area contributed by atoms with Gasteiger partial charge < -0.3 is 24.4 Å². The van der Waals surface area contributed by atoms with E-state index < -0.39 is 40.3 Å². The number of fused-ring (bicyclic) bond motifs is 2. The number of halogens is 3. The molecule has 8 nitrogen and oxygen atoms in total. The Bertz CT molecular complexity index is 1700. The third-order valence-corrected chi connectivity index (χ3v) is 9.75. The molecule has 1 fully saturated rings. The molecule has 2 heterocycles. The van der Waals surface area contributed by atoms with Crippen LogP contribution in [0.15, 0.2) is 102 Å². The number of ether oxygens (including phenoxy) is 2. The highest BCUT2D eigenvalue weighted by Crippen LogP contribution is 2.40. The lowest BCUT2D eigenvalue weighted by Gasteiger charge is -2.48. The Balaban J connectivity index is 1.38. The Morgan fingerprint density at radius 3 is 1.91 bits per heavy atom. The third kappa shape index (κ3) is 6.58. The lowest BCUT2D eigenvalue weighted by atomic mass is 9.94. The summed E-state index contributed by atoms with van der Waals surface area (Å²) in [5.74, 6) is 0.126. The van der Waals surface area contributed by atoms with Gasteiger partial charge in [0, 0.05) is 30.2 Å². The predicted octanol–water partition coefficient (Wildman–Crippen LogP) is 5.43. The minimum Gasteiger partial charge on any atom is -0.497 e. The number of para-hydroxylation sites is 2. The SMILES string of the molecule is COc1ccc(N2CC(N3c4ccccc4CCc4ccccc43)[C@@H](O)[C@H](NS(=O)(=O)c3ccc(OC(F)(F)F)cc3)C2)cc1. The molecular weight excluding hydrogens is 607 g/mol. The van der Waals surface area contributed by atoms with Crippen molar-refractivity contribution >= 4 is 27.1 Å². The van der Waals surface area contributed by atoms with Gasteiger partial charge in [0.2, 0.25) is 10.0 Å². The van der Waals surface area contributed by atoms with Gasteiger partial charge in [-0.05, 0) is 84.6 Å². The van der Waals surface area contributed by atoms with Gasteiger partial charge in [0.15, 0.2) is 0 Å². The molecule has 0 amide bonds. The number of piperidine rings is 1. The maximum absolute atomic E-state index is 13.6. The molecule has 6 rings (SSSR count). The zero-order valence-corrected chi connectivity index (χ0v) is 25.1. The minimum atomic E-state index is -4.91. The highest BCUT2D eigenvalue weighted by molar-refractivity contribution is 7.89. The lowest BCUT2D eigenvalue weighted by Crippen LogP contribution is -2.65. The molecule has 1 unspecified atom stereocenters. The zero-order valence-electron chi connectivity index (χ0n) is 24.3.